The van der Waals surface area contributed by atoms with Crippen LogP contribution >= 0.6 is 0 Å². The van der Waals surface area contributed by atoms with Crippen LogP contribution in [-0.4, -0.2) is 25.5 Å². The minimum atomic E-state index is -2.86. The third-order valence-corrected chi connectivity index (χ3v) is 12.4. The van der Waals surface area contributed by atoms with Crippen molar-refractivity contribution in [2.24, 2.45) is 0 Å². The second-order valence-electron chi connectivity index (χ2n) is 11.3. The van der Waals surface area contributed by atoms with E-state index in [0.29, 0.717) is 6.42 Å². The Bertz CT molecular complexity index is 805. The molecule has 0 heterocycles. The highest BCUT2D eigenvalue weighted by molar-refractivity contribution is 6.99. The first-order valence-electron chi connectivity index (χ1n) is 14.3. The van der Waals surface area contributed by atoms with Crippen molar-refractivity contribution in [3.8, 4) is 0 Å². The maximum absolute atomic E-state index is 12.4. The number of hydrogen-bond acceptors (Lipinski definition) is 2. The van der Waals surface area contributed by atoms with Crippen LogP contribution in [0.1, 0.15) is 111 Å². The molecule has 1 N–H and O–H groups in total. The van der Waals surface area contributed by atoms with Gasteiger partial charge in [0.15, 0.2) is 0 Å². The Balaban J connectivity index is 1.97. The minimum Gasteiger partial charge on any atom is -0.479 e. The van der Waals surface area contributed by atoms with Gasteiger partial charge in [-0.1, -0.05) is 165 Å². The zero-order valence-electron chi connectivity index (χ0n) is 23.3. The van der Waals surface area contributed by atoms with E-state index in [1.54, 1.807) is 0 Å². The molecule has 2 aromatic rings. The molecule has 200 valence electrons. The molecule has 0 fully saturated rings. The summed E-state index contributed by atoms with van der Waals surface area (Å²) in [5, 5.41) is 12.2. The smallest absolute Gasteiger partial charge is 0.331 e. The molecule has 1 atom stereocenters. The summed E-state index contributed by atoms with van der Waals surface area (Å²) >= 11 is 0. The molecule has 0 amide bonds. The van der Waals surface area contributed by atoms with Gasteiger partial charge in [-0.3, -0.25) is 0 Å². The number of benzene rings is 2. The van der Waals surface area contributed by atoms with Crippen LogP contribution in [-0.2, 0) is 9.22 Å². The van der Waals surface area contributed by atoms with Crippen LogP contribution in [0.15, 0.2) is 60.7 Å². The van der Waals surface area contributed by atoms with Gasteiger partial charge in [0.2, 0.25) is 0 Å². The molecule has 0 aliphatic heterocycles. The van der Waals surface area contributed by atoms with Gasteiger partial charge < -0.3 is 9.53 Å². The highest BCUT2D eigenvalue weighted by atomic mass is 28.4. The number of carboxylic acid groups (broad SMARTS) is 1. The van der Waals surface area contributed by atoms with Crippen molar-refractivity contribution in [3.63, 3.8) is 0 Å². The predicted molar refractivity (Wildman–Crippen MR) is 156 cm³/mol. The second kappa shape index (κ2) is 16.0. The molecule has 3 nitrogen and oxygen atoms in total. The Morgan fingerprint density at radius 1 is 0.722 bits per heavy atom. The van der Waals surface area contributed by atoms with Gasteiger partial charge in [0.05, 0.1) is 0 Å². The van der Waals surface area contributed by atoms with E-state index in [9.17, 15) is 9.90 Å². The summed E-state index contributed by atoms with van der Waals surface area (Å²) in [5.41, 5.74) is 0. The number of hydrogen-bond donors (Lipinski definition) is 1. The molecule has 36 heavy (non-hydrogen) atoms. The molecule has 0 aliphatic carbocycles. The molecule has 0 radical (unpaired) electrons. The predicted octanol–water partition coefficient (Wildman–Crippen LogP) is 8.11. The highest BCUT2D eigenvalue weighted by Gasteiger charge is 2.52. The van der Waals surface area contributed by atoms with Crippen molar-refractivity contribution in [2.75, 3.05) is 0 Å². The van der Waals surface area contributed by atoms with Gasteiger partial charge in [0, 0.05) is 0 Å². The maximum Gasteiger partial charge on any atom is 0.331 e. The fraction of sp³-hybridized carbons (Fsp3) is 0.594. The fourth-order valence-electron chi connectivity index (χ4n) is 5.31. The summed E-state index contributed by atoms with van der Waals surface area (Å²) in [7, 11) is -2.86. The van der Waals surface area contributed by atoms with Crippen LogP contribution in [0.5, 0.6) is 0 Å². The van der Waals surface area contributed by atoms with E-state index < -0.39 is 20.4 Å². The van der Waals surface area contributed by atoms with E-state index in [2.05, 4.69) is 52.0 Å². The van der Waals surface area contributed by atoms with Gasteiger partial charge in [0.25, 0.3) is 8.32 Å². The average Bonchev–Trinajstić information content (AvgIpc) is 2.86. The summed E-state index contributed by atoms with van der Waals surface area (Å²) in [6.07, 6.45) is 15.0. The molecule has 1 unspecified atom stereocenters. The van der Waals surface area contributed by atoms with E-state index in [1.165, 1.54) is 64.2 Å². The summed E-state index contributed by atoms with van der Waals surface area (Å²) in [6, 6.07) is 20.6. The van der Waals surface area contributed by atoms with Crippen LogP contribution in [0.25, 0.3) is 0 Å². The Kier molecular flexibility index (Phi) is 13.5. The molecular formula is C32H50O3Si. The number of carboxylic acids is 1. The lowest BCUT2D eigenvalue weighted by atomic mass is 10.0. The first-order chi connectivity index (χ1) is 17.3. The zero-order valence-corrected chi connectivity index (χ0v) is 24.3. The minimum absolute atomic E-state index is 0.222. The van der Waals surface area contributed by atoms with Crippen molar-refractivity contribution in [3.05, 3.63) is 60.7 Å². The van der Waals surface area contributed by atoms with Crippen LogP contribution < -0.4 is 10.4 Å². The number of aliphatic carboxylic acids is 1. The van der Waals surface area contributed by atoms with E-state index in [-0.39, 0.29) is 5.04 Å². The molecule has 0 aliphatic rings. The monoisotopic (exact) mass is 510 g/mol. The standard InChI is InChI=1S/C32H50O3Si/c1-5-6-7-8-9-10-11-12-13-14-15-22-27-30(31(33)34)35-36(32(2,3)4,28-23-18-16-19-24-28)29-25-20-17-21-26-29/h16-21,23-26,30H,5-15,22,27H2,1-4H3,(H,33,34). The topological polar surface area (TPSA) is 46.5 Å². The third-order valence-electron chi connectivity index (χ3n) is 7.33. The van der Waals surface area contributed by atoms with E-state index in [4.69, 9.17) is 4.43 Å². The van der Waals surface area contributed by atoms with Gasteiger partial charge >= 0.3 is 5.97 Å². The average molecular weight is 511 g/mol. The largest absolute Gasteiger partial charge is 0.479 e. The van der Waals surface area contributed by atoms with Crippen LogP contribution in [0.3, 0.4) is 0 Å². The van der Waals surface area contributed by atoms with E-state index in [0.717, 1.165) is 23.2 Å². The zero-order chi connectivity index (χ0) is 26.3. The van der Waals surface area contributed by atoms with Crippen molar-refractivity contribution < 1.29 is 14.3 Å². The van der Waals surface area contributed by atoms with Crippen LogP contribution in [0.2, 0.25) is 5.04 Å². The first kappa shape index (κ1) is 30.3. The lowest BCUT2D eigenvalue weighted by Crippen LogP contribution is -2.68. The Labute approximate surface area is 221 Å². The van der Waals surface area contributed by atoms with E-state index >= 15 is 0 Å². The number of unbranched alkanes of at least 4 members (excludes halogenated alkanes) is 11. The molecule has 0 aromatic heterocycles. The first-order valence-corrected chi connectivity index (χ1v) is 16.3. The highest BCUT2D eigenvalue weighted by Crippen LogP contribution is 2.38. The number of rotatable bonds is 18. The Morgan fingerprint density at radius 2 is 1.11 bits per heavy atom. The molecule has 4 heteroatoms. The van der Waals surface area contributed by atoms with Gasteiger partial charge in [-0.05, 0) is 21.8 Å². The normalized spacial score (nSPS) is 13.0. The van der Waals surface area contributed by atoms with Crippen molar-refractivity contribution in [1.82, 2.24) is 0 Å². The lowest BCUT2D eigenvalue weighted by molar-refractivity contribution is -0.145. The van der Waals surface area contributed by atoms with Gasteiger partial charge in [-0.15, -0.1) is 0 Å². The summed E-state index contributed by atoms with van der Waals surface area (Å²) in [5.74, 6) is -0.842. The summed E-state index contributed by atoms with van der Waals surface area (Å²) < 4.78 is 6.88. The van der Waals surface area contributed by atoms with Crippen molar-refractivity contribution in [1.29, 1.82) is 0 Å². The molecule has 2 aromatic carbocycles. The van der Waals surface area contributed by atoms with Crippen molar-refractivity contribution >= 4 is 24.7 Å². The molecule has 0 bridgehead atoms. The van der Waals surface area contributed by atoms with E-state index in [1.807, 2.05) is 36.4 Å². The summed E-state index contributed by atoms with van der Waals surface area (Å²) in [4.78, 5) is 12.4. The molecular weight excluding hydrogens is 460 g/mol. The maximum atomic E-state index is 12.4. The van der Waals surface area contributed by atoms with Crippen molar-refractivity contribution in [2.45, 2.75) is 122 Å². The number of carbonyl (C=O) groups is 1. The van der Waals surface area contributed by atoms with Crippen LogP contribution in [0.4, 0.5) is 0 Å². The molecule has 0 spiro atoms. The lowest BCUT2D eigenvalue weighted by Gasteiger charge is -2.44. The SMILES string of the molecule is CCCCCCCCCCCCCCC(O[Si](c1ccccc1)(c1ccccc1)C(C)(C)C)C(=O)O. The Hall–Kier alpha value is -1.91. The molecule has 0 saturated carbocycles. The quantitative estimate of drug-likeness (QED) is 0.163. The molecule has 0 saturated heterocycles. The van der Waals surface area contributed by atoms with Gasteiger partial charge in [-0.25, -0.2) is 4.79 Å². The third kappa shape index (κ3) is 9.19. The summed E-state index contributed by atoms with van der Waals surface area (Å²) in [6.45, 7) is 8.85. The molecule has 2 rings (SSSR count). The van der Waals surface area contributed by atoms with Gasteiger partial charge in [0.1, 0.15) is 6.10 Å². The Morgan fingerprint density at radius 3 is 1.47 bits per heavy atom. The van der Waals surface area contributed by atoms with Gasteiger partial charge in [-0.2, -0.15) is 0 Å². The second-order valence-corrected chi connectivity index (χ2v) is 15.5. The van der Waals surface area contributed by atoms with Crippen LogP contribution in [0, 0.1) is 0 Å². The fourth-order valence-corrected chi connectivity index (χ4v) is 9.97.